The molecule has 3 N–H and O–H groups in total. The molecular formula is C14H21BrN2O2. The van der Waals surface area contributed by atoms with E-state index in [-0.39, 0.29) is 12.6 Å². The monoisotopic (exact) mass is 328 g/mol. The lowest BCUT2D eigenvalue weighted by Crippen LogP contribution is -2.50. The Kier molecular flexibility index (Phi) is 5.82. The standard InChI is InChI=1S/C14H21BrN2O2/c1-4-7-14(3,9-18)17-13(19)16-12-6-5-11(15)8-10(12)2/h5-6,8,18H,4,7,9H2,1-3H3,(H2,16,17,19). The molecule has 19 heavy (non-hydrogen) atoms. The molecule has 0 aliphatic heterocycles. The second kappa shape index (κ2) is 6.91. The number of hydrogen-bond acceptors (Lipinski definition) is 2. The van der Waals surface area contributed by atoms with Crippen molar-refractivity contribution < 1.29 is 9.90 Å². The number of hydrogen-bond donors (Lipinski definition) is 3. The van der Waals surface area contributed by atoms with Gasteiger partial charge in [-0.2, -0.15) is 0 Å². The zero-order chi connectivity index (χ0) is 14.5. The Bertz CT molecular complexity index is 451. The second-order valence-corrected chi connectivity index (χ2v) is 5.92. The van der Waals surface area contributed by atoms with Crippen molar-refractivity contribution in [3.8, 4) is 0 Å². The van der Waals surface area contributed by atoms with Crippen LogP contribution in [0.1, 0.15) is 32.3 Å². The van der Waals surface area contributed by atoms with Crippen molar-refractivity contribution in [1.29, 1.82) is 0 Å². The van der Waals surface area contributed by atoms with Gasteiger partial charge in [-0.25, -0.2) is 4.79 Å². The van der Waals surface area contributed by atoms with E-state index in [9.17, 15) is 9.90 Å². The van der Waals surface area contributed by atoms with Gasteiger partial charge in [-0.1, -0.05) is 29.3 Å². The lowest BCUT2D eigenvalue weighted by atomic mass is 9.98. The van der Waals surface area contributed by atoms with Crippen LogP contribution >= 0.6 is 15.9 Å². The zero-order valence-electron chi connectivity index (χ0n) is 11.6. The van der Waals surface area contributed by atoms with Crippen molar-refractivity contribution in [1.82, 2.24) is 5.32 Å². The highest BCUT2D eigenvalue weighted by atomic mass is 79.9. The molecule has 0 aliphatic rings. The molecule has 0 spiro atoms. The first-order valence-electron chi connectivity index (χ1n) is 6.36. The van der Waals surface area contributed by atoms with Crippen molar-refractivity contribution >= 4 is 27.6 Å². The molecule has 1 atom stereocenters. The Morgan fingerprint density at radius 1 is 1.47 bits per heavy atom. The molecule has 1 rings (SSSR count). The van der Waals surface area contributed by atoms with Gasteiger partial charge in [-0.05, 0) is 44.0 Å². The number of halogens is 1. The highest BCUT2D eigenvalue weighted by molar-refractivity contribution is 9.10. The predicted molar refractivity (Wildman–Crippen MR) is 81.4 cm³/mol. The molecule has 106 valence electrons. The Balaban J connectivity index is 2.69. The van der Waals surface area contributed by atoms with Crippen molar-refractivity contribution in [3.63, 3.8) is 0 Å². The molecule has 0 fully saturated rings. The smallest absolute Gasteiger partial charge is 0.319 e. The molecular weight excluding hydrogens is 308 g/mol. The number of nitrogens with one attached hydrogen (secondary N) is 2. The molecule has 0 heterocycles. The van der Waals surface area contributed by atoms with E-state index < -0.39 is 5.54 Å². The number of carbonyl (C=O) groups is 1. The molecule has 0 saturated carbocycles. The molecule has 1 unspecified atom stereocenters. The number of aryl methyl sites for hydroxylation is 1. The average molecular weight is 329 g/mol. The number of urea groups is 1. The van der Waals surface area contributed by atoms with Crippen molar-refractivity contribution in [2.45, 2.75) is 39.2 Å². The quantitative estimate of drug-likeness (QED) is 0.775. The van der Waals surface area contributed by atoms with Gasteiger partial charge in [0.15, 0.2) is 0 Å². The van der Waals surface area contributed by atoms with Crippen LogP contribution in [-0.4, -0.2) is 23.3 Å². The Labute approximate surface area is 122 Å². The third kappa shape index (κ3) is 4.84. The van der Waals surface area contributed by atoms with E-state index in [1.165, 1.54) is 0 Å². The summed E-state index contributed by atoms with van der Waals surface area (Å²) in [5.41, 5.74) is 1.16. The second-order valence-electron chi connectivity index (χ2n) is 5.01. The lowest BCUT2D eigenvalue weighted by molar-refractivity contribution is 0.167. The predicted octanol–water partition coefficient (Wildman–Crippen LogP) is 3.43. The SMILES string of the molecule is CCCC(C)(CO)NC(=O)Nc1ccc(Br)cc1C. The van der Waals surface area contributed by atoms with Crippen LogP contribution in [0.5, 0.6) is 0 Å². The molecule has 0 radical (unpaired) electrons. The van der Waals surface area contributed by atoms with Crippen LogP contribution < -0.4 is 10.6 Å². The number of benzene rings is 1. The first-order valence-corrected chi connectivity index (χ1v) is 7.15. The van der Waals surface area contributed by atoms with Crippen LogP contribution in [0.3, 0.4) is 0 Å². The fourth-order valence-corrected chi connectivity index (χ4v) is 2.40. The normalized spacial score (nSPS) is 13.7. The number of rotatable bonds is 5. The molecule has 2 amide bonds. The van der Waals surface area contributed by atoms with Gasteiger partial charge in [0.1, 0.15) is 0 Å². The molecule has 1 aromatic carbocycles. The van der Waals surface area contributed by atoms with Crippen molar-refractivity contribution in [2.75, 3.05) is 11.9 Å². The first kappa shape index (κ1) is 16.0. The van der Waals surface area contributed by atoms with E-state index in [4.69, 9.17) is 0 Å². The van der Waals surface area contributed by atoms with Crippen LogP contribution in [0.4, 0.5) is 10.5 Å². The number of amides is 2. The number of aliphatic hydroxyl groups is 1. The minimum atomic E-state index is -0.581. The van der Waals surface area contributed by atoms with Crippen LogP contribution in [0.15, 0.2) is 22.7 Å². The maximum absolute atomic E-state index is 12.0. The third-order valence-corrected chi connectivity index (χ3v) is 3.50. The molecule has 0 bridgehead atoms. The Morgan fingerprint density at radius 3 is 2.68 bits per heavy atom. The van der Waals surface area contributed by atoms with Gasteiger partial charge in [0.25, 0.3) is 0 Å². The maximum Gasteiger partial charge on any atom is 0.319 e. The van der Waals surface area contributed by atoms with Gasteiger partial charge in [-0.15, -0.1) is 0 Å². The summed E-state index contributed by atoms with van der Waals surface area (Å²) in [4.78, 5) is 12.0. The molecule has 4 nitrogen and oxygen atoms in total. The summed E-state index contributed by atoms with van der Waals surface area (Å²) in [7, 11) is 0. The van der Waals surface area contributed by atoms with Gasteiger partial charge in [0.2, 0.25) is 0 Å². The summed E-state index contributed by atoms with van der Waals surface area (Å²) in [5, 5.41) is 15.0. The minimum Gasteiger partial charge on any atom is -0.394 e. The Hall–Kier alpha value is -1.07. The number of carbonyl (C=O) groups excluding carboxylic acids is 1. The maximum atomic E-state index is 12.0. The molecule has 0 saturated heterocycles. The molecule has 5 heteroatoms. The third-order valence-electron chi connectivity index (χ3n) is 3.00. The van der Waals surface area contributed by atoms with Gasteiger partial charge < -0.3 is 15.7 Å². The summed E-state index contributed by atoms with van der Waals surface area (Å²) in [6, 6.07) is 5.36. The van der Waals surface area contributed by atoms with Crippen LogP contribution in [-0.2, 0) is 0 Å². The number of aliphatic hydroxyl groups excluding tert-OH is 1. The van der Waals surface area contributed by atoms with Gasteiger partial charge in [-0.3, -0.25) is 0 Å². The van der Waals surface area contributed by atoms with E-state index in [1.807, 2.05) is 39.0 Å². The molecule has 0 aromatic heterocycles. The highest BCUT2D eigenvalue weighted by Crippen LogP contribution is 2.20. The summed E-state index contributed by atoms with van der Waals surface area (Å²) in [6.45, 7) is 5.71. The van der Waals surface area contributed by atoms with Gasteiger partial charge in [0, 0.05) is 10.2 Å². The summed E-state index contributed by atoms with van der Waals surface area (Å²) in [6.07, 6.45) is 1.63. The fraction of sp³-hybridized carbons (Fsp3) is 0.500. The van der Waals surface area contributed by atoms with E-state index >= 15 is 0 Å². The van der Waals surface area contributed by atoms with Crippen molar-refractivity contribution in [3.05, 3.63) is 28.2 Å². The fourth-order valence-electron chi connectivity index (χ4n) is 1.93. The van der Waals surface area contributed by atoms with Crippen LogP contribution in [0.2, 0.25) is 0 Å². The Morgan fingerprint density at radius 2 is 2.16 bits per heavy atom. The van der Waals surface area contributed by atoms with Gasteiger partial charge >= 0.3 is 6.03 Å². The van der Waals surface area contributed by atoms with Crippen LogP contribution in [0.25, 0.3) is 0 Å². The largest absolute Gasteiger partial charge is 0.394 e. The topological polar surface area (TPSA) is 61.4 Å². The van der Waals surface area contributed by atoms with E-state index in [0.717, 1.165) is 28.6 Å². The summed E-state index contributed by atoms with van der Waals surface area (Å²) < 4.78 is 0.974. The average Bonchev–Trinajstić information content (AvgIpc) is 2.33. The lowest BCUT2D eigenvalue weighted by Gasteiger charge is -2.28. The minimum absolute atomic E-state index is 0.0758. The summed E-state index contributed by atoms with van der Waals surface area (Å²) in [5.74, 6) is 0. The van der Waals surface area contributed by atoms with E-state index in [2.05, 4.69) is 26.6 Å². The number of anilines is 1. The highest BCUT2D eigenvalue weighted by Gasteiger charge is 2.24. The van der Waals surface area contributed by atoms with Gasteiger partial charge in [0.05, 0.1) is 12.1 Å². The summed E-state index contributed by atoms with van der Waals surface area (Å²) >= 11 is 3.38. The van der Waals surface area contributed by atoms with Crippen LogP contribution in [0, 0.1) is 6.92 Å². The van der Waals surface area contributed by atoms with E-state index in [1.54, 1.807) is 0 Å². The van der Waals surface area contributed by atoms with E-state index in [0.29, 0.717) is 0 Å². The molecule has 0 aliphatic carbocycles. The zero-order valence-corrected chi connectivity index (χ0v) is 13.2. The first-order chi connectivity index (χ1) is 8.90. The molecule has 1 aromatic rings. The van der Waals surface area contributed by atoms with Crippen molar-refractivity contribution in [2.24, 2.45) is 0 Å².